The van der Waals surface area contributed by atoms with E-state index in [1.807, 2.05) is 0 Å². The van der Waals surface area contributed by atoms with Gasteiger partial charge in [0.25, 0.3) is 0 Å². The number of halogens is 1. The molecule has 0 bridgehead atoms. The smallest absolute Gasteiger partial charge is 0.338 e. The molecule has 1 aromatic carbocycles. The van der Waals surface area contributed by atoms with Gasteiger partial charge in [0.2, 0.25) is 0 Å². The van der Waals surface area contributed by atoms with Crippen molar-refractivity contribution in [2.75, 3.05) is 0 Å². The van der Waals surface area contributed by atoms with Gasteiger partial charge in [0, 0.05) is 4.90 Å². The zero-order chi connectivity index (χ0) is 13.0. The molecule has 2 N–H and O–H groups in total. The van der Waals surface area contributed by atoms with Gasteiger partial charge in [0.15, 0.2) is 0 Å². The number of carboxylic acid groups (broad SMARTS) is 2. The molecule has 0 aromatic heterocycles. The summed E-state index contributed by atoms with van der Waals surface area (Å²) >= 11 is 1.01. The van der Waals surface area contributed by atoms with Crippen LogP contribution in [0.2, 0.25) is 0 Å². The number of hydrogen-bond donors (Lipinski definition) is 2. The zero-order valence-corrected chi connectivity index (χ0v) is 9.83. The molecule has 0 aliphatic heterocycles. The van der Waals surface area contributed by atoms with E-state index in [0.717, 1.165) is 23.9 Å². The van der Waals surface area contributed by atoms with Crippen molar-refractivity contribution in [3.63, 3.8) is 0 Å². The maximum atomic E-state index is 13.1. The average Bonchev–Trinajstić information content (AvgIpc) is 2.27. The number of rotatable bonds is 5. The first-order chi connectivity index (χ1) is 7.95. The SMILES string of the molecule is CCC(Sc1ccc(F)c(C(=O)O)c1)C(=O)O. The Kier molecular flexibility index (Phi) is 4.51. The van der Waals surface area contributed by atoms with Crippen molar-refractivity contribution in [3.8, 4) is 0 Å². The van der Waals surface area contributed by atoms with Gasteiger partial charge in [0.1, 0.15) is 11.1 Å². The first kappa shape index (κ1) is 13.5. The number of hydrogen-bond acceptors (Lipinski definition) is 3. The van der Waals surface area contributed by atoms with Crippen LogP contribution in [0.3, 0.4) is 0 Å². The Bertz CT molecular complexity index is 447. The van der Waals surface area contributed by atoms with Crippen LogP contribution in [0.1, 0.15) is 23.7 Å². The molecular formula is C11H11FO4S. The maximum absolute atomic E-state index is 13.1. The van der Waals surface area contributed by atoms with E-state index in [1.54, 1.807) is 6.92 Å². The van der Waals surface area contributed by atoms with Crippen molar-refractivity contribution in [3.05, 3.63) is 29.6 Å². The summed E-state index contributed by atoms with van der Waals surface area (Å²) in [5, 5.41) is 16.9. The number of carboxylic acids is 2. The van der Waals surface area contributed by atoms with E-state index in [-0.39, 0.29) is 0 Å². The lowest BCUT2D eigenvalue weighted by Crippen LogP contribution is -2.14. The standard InChI is InChI=1S/C11H11FO4S/c1-2-9(11(15)16)17-6-3-4-8(12)7(5-6)10(13)14/h3-5,9H,2H2,1H3,(H,13,14)(H,15,16). The summed E-state index contributed by atoms with van der Waals surface area (Å²) in [6.07, 6.45) is 0.403. The Morgan fingerprint density at radius 1 is 1.41 bits per heavy atom. The van der Waals surface area contributed by atoms with E-state index in [2.05, 4.69) is 0 Å². The monoisotopic (exact) mass is 258 g/mol. The van der Waals surface area contributed by atoms with Crippen LogP contribution >= 0.6 is 11.8 Å². The molecule has 0 aliphatic rings. The first-order valence-corrected chi connectivity index (χ1v) is 5.76. The first-order valence-electron chi connectivity index (χ1n) is 4.88. The predicted octanol–water partition coefficient (Wildman–Crippen LogP) is 2.48. The third-order valence-electron chi connectivity index (χ3n) is 2.09. The van der Waals surface area contributed by atoms with Crippen LogP contribution in [0, 0.1) is 5.82 Å². The van der Waals surface area contributed by atoms with Crippen LogP contribution in [0.5, 0.6) is 0 Å². The minimum atomic E-state index is -1.37. The molecule has 4 nitrogen and oxygen atoms in total. The highest BCUT2D eigenvalue weighted by molar-refractivity contribution is 8.00. The Morgan fingerprint density at radius 2 is 2.06 bits per heavy atom. The lowest BCUT2D eigenvalue weighted by molar-refractivity contribution is -0.136. The summed E-state index contributed by atoms with van der Waals surface area (Å²) in [7, 11) is 0. The lowest BCUT2D eigenvalue weighted by atomic mass is 10.2. The molecule has 0 fully saturated rings. The van der Waals surface area contributed by atoms with Gasteiger partial charge in [0.05, 0.1) is 5.56 Å². The number of carbonyl (C=O) groups is 2. The van der Waals surface area contributed by atoms with E-state index in [0.29, 0.717) is 11.3 Å². The van der Waals surface area contributed by atoms with Crippen LogP contribution in [-0.4, -0.2) is 27.4 Å². The van der Waals surface area contributed by atoms with Crippen molar-refractivity contribution in [1.29, 1.82) is 0 Å². The molecule has 1 rings (SSSR count). The Hall–Kier alpha value is -1.56. The van der Waals surface area contributed by atoms with Crippen LogP contribution < -0.4 is 0 Å². The topological polar surface area (TPSA) is 74.6 Å². The van der Waals surface area contributed by atoms with Gasteiger partial charge in [-0.05, 0) is 24.6 Å². The zero-order valence-electron chi connectivity index (χ0n) is 9.01. The van der Waals surface area contributed by atoms with E-state index >= 15 is 0 Å². The molecule has 17 heavy (non-hydrogen) atoms. The summed E-state index contributed by atoms with van der Waals surface area (Å²) < 4.78 is 13.1. The molecule has 0 amide bonds. The van der Waals surface area contributed by atoms with Crippen molar-refractivity contribution < 1.29 is 24.2 Å². The fraction of sp³-hybridized carbons (Fsp3) is 0.273. The van der Waals surface area contributed by atoms with E-state index in [4.69, 9.17) is 10.2 Å². The molecule has 1 atom stereocenters. The summed E-state index contributed by atoms with van der Waals surface area (Å²) in [5.74, 6) is -3.17. The second-order valence-electron chi connectivity index (χ2n) is 3.30. The van der Waals surface area contributed by atoms with E-state index < -0.39 is 28.6 Å². The molecule has 0 aliphatic carbocycles. The van der Waals surface area contributed by atoms with Crippen molar-refractivity contribution >= 4 is 23.7 Å². The Balaban J connectivity index is 2.96. The molecule has 0 radical (unpaired) electrons. The summed E-state index contributed by atoms with van der Waals surface area (Å²) in [5.41, 5.74) is -0.449. The highest BCUT2D eigenvalue weighted by Crippen LogP contribution is 2.27. The highest BCUT2D eigenvalue weighted by Gasteiger charge is 2.18. The largest absolute Gasteiger partial charge is 0.480 e. The molecule has 1 aromatic rings. The second kappa shape index (κ2) is 5.67. The lowest BCUT2D eigenvalue weighted by Gasteiger charge is -2.09. The molecule has 0 saturated heterocycles. The summed E-state index contributed by atoms with van der Waals surface area (Å²) in [4.78, 5) is 21.9. The number of benzene rings is 1. The molecule has 0 heterocycles. The minimum absolute atomic E-state index is 0.403. The molecular weight excluding hydrogens is 247 g/mol. The number of aromatic carboxylic acids is 1. The van der Waals surface area contributed by atoms with Gasteiger partial charge >= 0.3 is 11.9 Å². The van der Waals surface area contributed by atoms with Gasteiger partial charge in [-0.1, -0.05) is 6.92 Å². The van der Waals surface area contributed by atoms with Gasteiger partial charge in [-0.25, -0.2) is 9.18 Å². The third kappa shape index (κ3) is 3.45. The quantitative estimate of drug-likeness (QED) is 0.793. The van der Waals surface area contributed by atoms with Crippen molar-refractivity contribution in [2.45, 2.75) is 23.5 Å². The van der Waals surface area contributed by atoms with Crippen LogP contribution in [0.15, 0.2) is 23.1 Å². The van der Waals surface area contributed by atoms with Crippen molar-refractivity contribution in [1.82, 2.24) is 0 Å². The Labute approximate surface area is 101 Å². The summed E-state index contributed by atoms with van der Waals surface area (Å²) in [6, 6.07) is 3.55. The maximum Gasteiger partial charge on any atom is 0.338 e. The summed E-state index contributed by atoms with van der Waals surface area (Å²) in [6.45, 7) is 1.72. The molecule has 1 unspecified atom stereocenters. The predicted molar refractivity (Wildman–Crippen MR) is 60.9 cm³/mol. The van der Waals surface area contributed by atoms with Crippen LogP contribution in [0.4, 0.5) is 4.39 Å². The van der Waals surface area contributed by atoms with Crippen LogP contribution in [0.25, 0.3) is 0 Å². The van der Waals surface area contributed by atoms with Gasteiger partial charge in [-0.3, -0.25) is 4.79 Å². The number of thioether (sulfide) groups is 1. The van der Waals surface area contributed by atoms with Gasteiger partial charge < -0.3 is 10.2 Å². The van der Waals surface area contributed by atoms with E-state index in [1.165, 1.54) is 6.07 Å². The second-order valence-corrected chi connectivity index (χ2v) is 4.58. The average molecular weight is 258 g/mol. The third-order valence-corrected chi connectivity index (χ3v) is 3.44. The highest BCUT2D eigenvalue weighted by atomic mass is 32.2. The van der Waals surface area contributed by atoms with Crippen molar-refractivity contribution in [2.24, 2.45) is 0 Å². The Morgan fingerprint density at radius 3 is 2.53 bits per heavy atom. The fourth-order valence-corrected chi connectivity index (χ4v) is 2.14. The normalized spacial score (nSPS) is 12.1. The van der Waals surface area contributed by atoms with E-state index in [9.17, 15) is 14.0 Å². The molecule has 92 valence electrons. The number of aliphatic carboxylic acids is 1. The van der Waals surface area contributed by atoms with Gasteiger partial charge in [-0.15, -0.1) is 11.8 Å². The van der Waals surface area contributed by atoms with Gasteiger partial charge in [-0.2, -0.15) is 0 Å². The molecule has 6 heteroatoms. The molecule has 0 spiro atoms. The fourth-order valence-electron chi connectivity index (χ4n) is 1.21. The van der Waals surface area contributed by atoms with Crippen LogP contribution in [-0.2, 0) is 4.79 Å². The minimum Gasteiger partial charge on any atom is -0.480 e. The molecule has 0 saturated carbocycles.